The minimum Gasteiger partial charge on any atom is -0.445 e. The number of rotatable bonds is 6. The highest BCUT2D eigenvalue weighted by Gasteiger charge is 2.27. The van der Waals surface area contributed by atoms with Crippen LogP contribution in [0.5, 0.6) is 0 Å². The Morgan fingerprint density at radius 2 is 2.17 bits per heavy atom. The molecule has 1 aliphatic rings. The lowest BCUT2D eigenvalue weighted by Crippen LogP contribution is -2.37. The molecule has 0 aliphatic carbocycles. The Morgan fingerprint density at radius 1 is 1.48 bits per heavy atom. The first-order chi connectivity index (χ1) is 11.0. The standard InChI is InChI=1S/C15H20N2O6/c1-2-16(8-14-7-13(18)10-22-14)15(19)23-9-11-3-5-12(6-4-11)17(20)21/h3-6,13-14,18H,2,7-10H2,1H3. The Labute approximate surface area is 133 Å². The molecule has 0 bridgehead atoms. The van der Waals surface area contributed by atoms with E-state index in [0.29, 0.717) is 31.7 Å². The predicted octanol–water partition coefficient (Wildman–Crippen LogP) is 1.70. The number of amides is 1. The Bertz CT molecular complexity index is 547. The first-order valence-electron chi connectivity index (χ1n) is 7.44. The highest BCUT2D eigenvalue weighted by molar-refractivity contribution is 5.67. The molecule has 1 aromatic rings. The fraction of sp³-hybridized carbons (Fsp3) is 0.533. The molecule has 126 valence electrons. The van der Waals surface area contributed by atoms with Crippen LogP contribution >= 0.6 is 0 Å². The van der Waals surface area contributed by atoms with Crippen LogP contribution in [0.1, 0.15) is 18.9 Å². The average molecular weight is 324 g/mol. The van der Waals surface area contributed by atoms with E-state index in [9.17, 15) is 20.0 Å². The van der Waals surface area contributed by atoms with E-state index < -0.39 is 17.1 Å². The number of likely N-dealkylation sites (N-methyl/N-ethyl adjacent to an activating group) is 1. The van der Waals surface area contributed by atoms with Gasteiger partial charge in [-0.25, -0.2) is 4.79 Å². The fourth-order valence-electron chi connectivity index (χ4n) is 2.34. The number of benzene rings is 1. The lowest BCUT2D eigenvalue weighted by atomic mass is 10.2. The molecule has 2 rings (SSSR count). The van der Waals surface area contributed by atoms with Gasteiger partial charge in [-0.2, -0.15) is 0 Å². The van der Waals surface area contributed by atoms with E-state index in [1.165, 1.54) is 17.0 Å². The van der Waals surface area contributed by atoms with Gasteiger partial charge in [0, 0.05) is 25.1 Å². The van der Waals surface area contributed by atoms with Gasteiger partial charge in [0.05, 0.1) is 30.3 Å². The van der Waals surface area contributed by atoms with Gasteiger partial charge < -0.3 is 19.5 Å². The maximum Gasteiger partial charge on any atom is 0.410 e. The minimum atomic E-state index is -0.482. The third-order valence-electron chi connectivity index (χ3n) is 3.63. The molecule has 1 fully saturated rings. The van der Waals surface area contributed by atoms with Crippen molar-refractivity contribution in [1.82, 2.24) is 4.90 Å². The molecule has 0 radical (unpaired) electrons. The van der Waals surface area contributed by atoms with Crippen LogP contribution in [0.3, 0.4) is 0 Å². The zero-order valence-electron chi connectivity index (χ0n) is 12.9. The summed E-state index contributed by atoms with van der Waals surface area (Å²) in [4.78, 5) is 23.7. The zero-order chi connectivity index (χ0) is 16.8. The van der Waals surface area contributed by atoms with Crippen LogP contribution in [-0.4, -0.2) is 52.9 Å². The molecule has 2 atom stereocenters. The molecule has 1 amide bonds. The Morgan fingerprint density at radius 3 is 2.70 bits per heavy atom. The number of nitro benzene ring substituents is 1. The summed E-state index contributed by atoms with van der Waals surface area (Å²) >= 11 is 0. The number of hydrogen-bond acceptors (Lipinski definition) is 6. The first-order valence-corrected chi connectivity index (χ1v) is 7.44. The fourth-order valence-corrected chi connectivity index (χ4v) is 2.34. The van der Waals surface area contributed by atoms with Crippen molar-refractivity contribution in [2.24, 2.45) is 0 Å². The molecule has 8 heteroatoms. The van der Waals surface area contributed by atoms with Crippen molar-refractivity contribution in [1.29, 1.82) is 0 Å². The van der Waals surface area contributed by atoms with Gasteiger partial charge in [-0.1, -0.05) is 0 Å². The van der Waals surface area contributed by atoms with Crippen LogP contribution in [0.25, 0.3) is 0 Å². The molecule has 0 saturated carbocycles. The molecule has 1 aromatic carbocycles. The van der Waals surface area contributed by atoms with Gasteiger partial charge in [-0.05, 0) is 24.6 Å². The number of carbonyl (C=O) groups is 1. The van der Waals surface area contributed by atoms with Gasteiger partial charge in [0.1, 0.15) is 6.61 Å². The van der Waals surface area contributed by atoms with Crippen molar-refractivity contribution < 1.29 is 24.3 Å². The monoisotopic (exact) mass is 324 g/mol. The SMILES string of the molecule is CCN(CC1CC(O)CO1)C(=O)OCc1ccc([N+](=O)[O-])cc1. The maximum absolute atomic E-state index is 12.1. The number of carbonyl (C=O) groups excluding carboxylic acids is 1. The second-order valence-corrected chi connectivity index (χ2v) is 5.36. The summed E-state index contributed by atoms with van der Waals surface area (Å²) < 4.78 is 10.6. The summed E-state index contributed by atoms with van der Waals surface area (Å²) in [7, 11) is 0. The second-order valence-electron chi connectivity index (χ2n) is 5.36. The number of nitro groups is 1. The molecule has 1 aliphatic heterocycles. The molecule has 1 saturated heterocycles. The molecule has 0 spiro atoms. The van der Waals surface area contributed by atoms with E-state index in [1.807, 2.05) is 6.92 Å². The van der Waals surface area contributed by atoms with E-state index in [-0.39, 0.29) is 18.4 Å². The van der Waals surface area contributed by atoms with Crippen LogP contribution in [-0.2, 0) is 16.1 Å². The third kappa shape index (κ3) is 4.90. The van der Waals surface area contributed by atoms with E-state index in [0.717, 1.165) is 0 Å². The topological polar surface area (TPSA) is 102 Å². The average Bonchev–Trinajstić information content (AvgIpc) is 2.95. The van der Waals surface area contributed by atoms with Crippen molar-refractivity contribution in [3.05, 3.63) is 39.9 Å². The van der Waals surface area contributed by atoms with Crippen LogP contribution in [0.15, 0.2) is 24.3 Å². The molecule has 23 heavy (non-hydrogen) atoms. The van der Waals surface area contributed by atoms with Gasteiger partial charge in [-0.15, -0.1) is 0 Å². The lowest BCUT2D eigenvalue weighted by molar-refractivity contribution is -0.384. The largest absolute Gasteiger partial charge is 0.445 e. The summed E-state index contributed by atoms with van der Waals surface area (Å²) in [6, 6.07) is 5.85. The number of ether oxygens (including phenoxy) is 2. The van der Waals surface area contributed by atoms with Crippen molar-refractivity contribution >= 4 is 11.8 Å². The van der Waals surface area contributed by atoms with Crippen LogP contribution in [0.4, 0.5) is 10.5 Å². The van der Waals surface area contributed by atoms with E-state index in [4.69, 9.17) is 9.47 Å². The summed E-state index contributed by atoms with van der Waals surface area (Å²) in [5.74, 6) is 0. The molecule has 8 nitrogen and oxygen atoms in total. The van der Waals surface area contributed by atoms with E-state index >= 15 is 0 Å². The summed E-state index contributed by atoms with van der Waals surface area (Å²) in [5, 5.41) is 20.0. The van der Waals surface area contributed by atoms with Gasteiger partial charge in [-0.3, -0.25) is 10.1 Å². The highest BCUT2D eigenvalue weighted by atomic mass is 16.6. The Balaban J connectivity index is 1.83. The number of aliphatic hydroxyl groups excluding tert-OH is 1. The normalized spacial score (nSPS) is 20.3. The van der Waals surface area contributed by atoms with Crippen LogP contribution in [0, 0.1) is 10.1 Å². The van der Waals surface area contributed by atoms with Crippen LogP contribution < -0.4 is 0 Å². The smallest absolute Gasteiger partial charge is 0.410 e. The van der Waals surface area contributed by atoms with Gasteiger partial charge in [0.25, 0.3) is 5.69 Å². The Hall–Kier alpha value is -2.19. The van der Waals surface area contributed by atoms with E-state index in [1.54, 1.807) is 12.1 Å². The number of aliphatic hydroxyl groups is 1. The molecule has 1 heterocycles. The predicted molar refractivity (Wildman–Crippen MR) is 80.9 cm³/mol. The number of nitrogens with zero attached hydrogens (tertiary/aromatic N) is 2. The number of non-ortho nitro benzene ring substituents is 1. The highest BCUT2D eigenvalue weighted by Crippen LogP contribution is 2.16. The minimum absolute atomic E-state index is 0.00722. The van der Waals surface area contributed by atoms with Gasteiger partial charge in [0.2, 0.25) is 0 Å². The summed E-state index contributed by atoms with van der Waals surface area (Å²) in [6.07, 6.45) is -0.630. The molecule has 0 aromatic heterocycles. The molecular weight excluding hydrogens is 304 g/mol. The van der Waals surface area contributed by atoms with Crippen LogP contribution in [0.2, 0.25) is 0 Å². The molecular formula is C15H20N2O6. The number of hydrogen-bond donors (Lipinski definition) is 1. The van der Waals surface area contributed by atoms with Crippen molar-refractivity contribution in [3.8, 4) is 0 Å². The van der Waals surface area contributed by atoms with E-state index in [2.05, 4.69) is 0 Å². The van der Waals surface area contributed by atoms with Crippen molar-refractivity contribution in [3.63, 3.8) is 0 Å². The van der Waals surface area contributed by atoms with Crippen molar-refractivity contribution in [2.75, 3.05) is 19.7 Å². The Kier molecular flexibility index (Phi) is 5.89. The van der Waals surface area contributed by atoms with Crippen molar-refractivity contribution in [2.45, 2.75) is 32.2 Å². The molecule has 2 unspecified atom stereocenters. The maximum atomic E-state index is 12.1. The summed E-state index contributed by atoms with van der Waals surface area (Å²) in [5.41, 5.74) is 0.666. The molecule has 1 N–H and O–H groups in total. The zero-order valence-corrected chi connectivity index (χ0v) is 12.9. The second kappa shape index (κ2) is 7.89. The third-order valence-corrected chi connectivity index (χ3v) is 3.63. The lowest BCUT2D eigenvalue weighted by Gasteiger charge is -2.23. The summed E-state index contributed by atoms with van der Waals surface area (Å²) in [6.45, 7) is 3.00. The van der Waals surface area contributed by atoms with Gasteiger partial charge >= 0.3 is 6.09 Å². The van der Waals surface area contributed by atoms with Gasteiger partial charge in [0.15, 0.2) is 0 Å². The quantitative estimate of drug-likeness (QED) is 0.631. The first kappa shape index (κ1) is 17.2.